The van der Waals surface area contributed by atoms with Crippen molar-refractivity contribution in [1.29, 1.82) is 0 Å². The smallest absolute Gasteiger partial charge is 0.262 e. The SMILES string of the molecule is O=C1COc2cc(C(=O)N3CCCC(CNC(=O)C4CCCN4)C3)ccc2N1. The lowest BCUT2D eigenvalue weighted by Crippen LogP contribution is -2.46. The van der Waals surface area contributed by atoms with Crippen molar-refractivity contribution in [2.75, 3.05) is 38.1 Å². The average Bonchev–Trinajstić information content (AvgIpc) is 3.26. The third kappa shape index (κ3) is 4.11. The third-order valence-corrected chi connectivity index (χ3v) is 5.61. The van der Waals surface area contributed by atoms with E-state index >= 15 is 0 Å². The van der Waals surface area contributed by atoms with Gasteiger partial charge in [-0.05, 0) is 56.3 Å². The molecule has 1 aromatic rings. The number of piperidine rings is 1. The number of rotatable bonds is 4. The maximum atomic E-state index is 12.9. The Kier molecular flexibility index (Phi) is 5.47. The number of carbonyl (C=O) groups is 3. The average molecular weight is 386 g/mol. The van der Waals surface area contributed by atoms with E-state index in [-0.39, 0.29) is 36.3 Å². The number of nitrogens with zero attached hydrogens (tertiary/aromatic N) is 1. The number of hydrogen-bond donors (Lipinski definition) is 3. The monoisotopic (exact) mass is 386 g/mol. The highest BCUT2D eigenvalue weighted by Crippen LogP contribution is 2.29. The first-order chi connectivity index (χ1) is 13.6. The molecule has 3 N–H and O–H groups in total. The van der Waals surface area contributed by atoms with Gasteiger partial charge >= 0.3 is 0 Å². The van der Waals surface area contributed by atoms with Crippen molar-refractivity contribution in [2.24, 2.45) is 5.92 Å². The number of hydrogen-bond acceptors (Lipinski definition) is 5. The molecule has 28 heavy (non-hydrogen) atoms. The molecule has 2 unspecified atom stereocenters. The second kappa shape index (κ2) is 8.18. The van der Waals surface area contributed by atoms with Crippen LogP contribution in [0.25, 0.3) is 0 Å². The Hall–Kier alpha value is -2.61. The summed E-state index contributed by atoms with van der Waals surface area (Å²) in [6.45, 7) is 2.80. The molecule has 150 valence electrons. The van der Waals surface area contributed by atoms with Gasteiger partial charge in [0.2, 0.25) is 5.91 Å². The van der Waals surface area contributed by atoms with Gasteiger partial charge in [-0.3, -0.25) is 14.4 Å². The van der Waals surface area contributed by atoms with E-state index in [9.17, 15) is 14.4 Å². The highest BCUT2D eigenvalue weighted by Gasteiger charge is 2.27. The van der Waals surface area contributed by atoms with Gasteiger partial charge < -0.3 is 25.6 Å². The topological polar surface area (TPSA) is 99.8 Å². The van der Waals surface area contributed by atoms with Gasteiger partial charge in [-0.15, -0.1) is 0 Å². The number of anilines is 1. The second-order valence-corrected chi connectivity index (χ2v) is 7.70. The number of benzene rings is 1. The molecule has 0 aliphatic carbocycles. The summed E-state index contributed by atoms with van der Waals surface area (Å²) in [6, 6.07) is 5.04. The maximum absolute atomic E-state index is 12.9. The second-order valence-electron chi connectivity index (χ2n) is 7.70. The van der Waals surface area contributed by atoms with Crippen LogP contribution in [-0.2, 0) is 9.59 Å². The Balaban J connectivity index is 1.34. The molecular weight excluding hydrogens is 360 g/mol. The van der Waals surface area contributed by atoms with E-state index in [2.05, 4.69) is 16.0 Å². The Morgan fingerprint density at radius 2 is 2.14 bits per heavy atom. The Morgan fingerprint density at radius 3 is 2.96 bits per heavy atom. The number of nitrogens with one attached hydrogen (secondary N) is 3. The Labute approximate surface area is 164 Å². The van der Waals surface area contributed by atoms with Crippen LogP contribution in [0.2, 0.25) is 0 Å². The first-order valence-corrected chi connectivity index (χ1v) is 9.97. The number of ether oxygens (including phenoxy) is 1. The predicted molar refractivity (Wildman–Crippen MR) is 103 cm³/mol. The van der Waals surface area contributed by atoms with Crippen LogP contribution < -0.4 is 20.7 Å². The molecule has 3 aliphatic heterocycles. The minimum absolute atomic E-state index is 0.0357. The maximum Gasteiger partial charge on any atom is 0.262 e. The molecule has 0 spiro atoms. The minimum atomic E-state index is -0.194. The van der Waals surface area contributed by atoms with Gasteiger partial charge in [-0.1, -0.05) is 0 Å². The van der Waals surface area contributed by atoms with Crippen molar-refractivity contribution in [3.63, 3.8) is 0 Å². The summed E-state index contributed by atoms with van der Waals surface area (Å²) in [5.74, 6) is 0.610. The molecule has 8 heteroatoms. The number of carbonyl (C=O) groups excluding carboxylic acids is 3. The van der Waals surface area contributed by atoms with Crippen LogP contribution in [-0.4, -0.2) is 61.4 Å². The molecule has 1 aromatic carbocycles. The number of amides is 3. The molecular formula is C20H26N4O4. The fourth-order valence-corrected chi connectivity index (χ4v) is 4.08. The fraction of sp³-hybridized carbons (Fsp3) is 0.550. The van der Waals surface area contributed by atoms with Crippen molar-refractivity contribution in [3.8, 4) is 5.75 Å². The molecule has 0 radical (unpaired) electrons. The molecule has 2 atom stereocenters. The van der Waals surface area contributed by atoms with Gasteiger partial charge in [0, 0.05) is 25.2 Å². The molecule has 0 bridgehead atoms. The van der Waals surface area contributed by atoms with E-state index in [1.165, 1.54) is 0 Å². The van der Waals surface area contributed by atoms with Gasteiger partial charge in [0.25, 0.3) is 11.8 Å². The first kappa shape index (κ1) is 18.7. The highest BCUT2D eigenvalue weighted by molar-refractivity contribution is 5.99. The predicted octanol–water partition coefficient (Wildman–Crippen LogP) is 0.738. The molecule has 2 fully saturated rings. The van der Waals surface area contributed by atoms with Gasteiger partial charge in [-0.2, -0.15) is 0 Å². The fourth-order valence-electron chi connectivity index (χ4n) is 4.08. The molecule has 8 nitrogen and oxygen atoms in total. The lowest BCUT2D eigenvalue weighted by Gasteiger charge is -2.33. The minimum Gasteiger partial charge on any atom is -0.482 e. The zero-order valence-corrected chi connectivity index (χ0v) is 15.8. The zero-order chi connectivity index (χ0) is 19.5. The first-order valence-electron chi connectivity index (χ1n) is 9.97. The molecule has 3 heterocycles. The van der Waals surface area contributed by atoms with Crippen molar-refractivity contribution in [3.05, 3.63) is 23.8 Å². The van der Waals surface area contributed by atoms with E-state index in [0.717, 1.165) is 32.2 Å². The molecule has 0 aromatic heterocycles. The van der Waals surface area contributed by atoms with Crippen molar-refractivity contribution >= 4 is 23.4 Å². The van der Waals surface area contributed by atoms with Gasteiger partial charge in [0.1, 0.15) is 5.75 Å². The Morgan fingerprint density at radius 1 is 1.25 bits per heavy atom. The van der Waals surface area contributed by atoms with E-state index in [1.807, 2.05) is 4.90 Å². The normalized spacial score (nSPS) is 24.1. The molecule has 4 rings (SSSR count). The third-order valence-electron chi connectivity index (χ3n) is 5.61. The highest BCUT2D eigenvalue weighted by atomic mass is 16.5. The summed E-state index contributed by atoms with van der Waals surface area (Å²) in [6.07, 6.45) is 3.85. The van der Waals surface area contributed by atoms with Gasteiger partial charge in [0.15, 0.2) is 6.61 Å². The van der Waals surface area contributed by atoms with E-state index in [1.54, 1.807) is 18.2 Å². The molecule has 0 saturated carbocycles. The molecule has 3 aliphatic rings. The summed E-state index contributed by atoms with van der Waals surface area (Å²) >= 11 is 0. The molecule has 3 amide bonds. The van der Waals surface area contributed by atoms with Crippen LogP contribution >= 0.6 is 0 Å². The zero-order valence-electron chi connectivity index (χ0n) is 15.8. The number of fused-ring (bicyclic) bond motifs is 1. The largest absolute Gasteiger partial charge is 0.482 e. The molecule has 2 saturated heterocycles. The van der Waals surface area contributed by atoms with Crippen LogP contribution in [0.4, 0.5) is 5.69 Å². The van der Waals surface area contributed by atoms with Crippen molar-refractivity contribution < 1.29 is 19.1 Å². The summed E-state index contributed by atoms with van der Waals surface area (Å²) in [5, 5.41) is 8.97. The lowest BCUT2D eigenvalue weighted by atomic mass is 9.97. The van der Waals surface area contributed by atoms with Gasteiger partial charge in [0.05, 0.1) is 11.7 Å². The van der Waals surface area contributed by atoms with Crippen LogP contribution in [0.15, 0.2) is 18.2 Å². The van der Waals surface area contributed by atoms with Crippen LogP contribution in [0.1, 0.15) is 36.0 Å². The van der Waals surface area contributed by atoms with Crippen LogP contribution in [0.5, 0.6) is 5.75 Å². The van der Waals surface area contributed by atoms with E-state index < -0.39 is 0 Å². The summed E-state index contributed by atoms with van der Waals surface area (Å²) in [5.41, 5.74) is 1.14. The standard InChI is InChI=1S/C20H26N4O4/c25-18-12-28-17-9-14(5-6-15(17)23-18)20(27)24-8-2-3-13(11-24)10-22-19(26)16-4-1-7-21-16/h5-6,9,13,16,21H,1-4,7-8,10-12H2,(H,22,26)(H,23,25). The van der Waals surface area contributed by atoms with E-state index in [4.69, 9.17) is 4.74 Å². The summed E-state index contributed by atoms with van der Waals surface area (Å²) in [7, 11) is 0. The van der Waals surface area contributed by atoms with Crippen molar-refractivity contribution in [1.82, 2.24) is 15.5 Å². The van der Waals surface area contributed by atoms with E-state index in [0.29, 0.717) is 36.6 Å². The van der Waals surface area contributed by atoms with Gasteiger partial charge in [-0.25, -0.2) is 0 Å². The summed E-state index contributed by atoms with van der Waals surface area (Å²) in [4.78, 5) is 38.3. The Bertz CT molecular complexity index is 775. The number of likely N-dealkylation sites (tertiary alicyclic amines) is 1. The quantitative estimate of drug-likeness (QED) is 0.709. The summed E-state index contributed by atoms with van der Waals surface area (Å²) < 4.78 is 5.41. The lowest BCUT2D eigenvalue weighted by molar-refractivity contribution is -0.123. The van der Waals surface area contributed by atoms with Crippen LogP contribution in [0.3, 0.4) is 0 Å². The van der Waals surface area contributed by atoms with Crippen molar-refractivity contribution in [2.45, 2.75) is 31.7 Å². The van der Waals surface area contributed by atoms with Crippen LogP contribution in [0, 0.1) is 5.92 Å².